The Morgan fingerprint density at radius 3 is 2.96 bits per heavy atom. The third kappa shape index (κ3) is 3.08. The Labute approximate surface area is 151 Å². The Balaban J connectivity index is 1.61. The first-order valence-electron chi connectivity index (χ1n) is 7.57. The Morgan fingerprint density at radius 1 is 1.24 bits per heavy atom. The molecule has 0 aliphatic rings. The van der Waals surface area contributed by atoms with Crippen LogP contribution in [0.25, 0.3) is 10.6 Å². The van der Waals surface area contributed by atoms with Gasteiger partial charge in [0.2, 0.25) is 5.16 Å². The molecule has 0 saturated heterocycles. The highest BCUT2D eigenvalue weighted by Gasteiger charge is 2.12. The summed E-state index contributed by atoms with van der Waals surface area (Å²) in [5.74, 6) is 0.523. The summed E-state index contributed by atoms with van der Waals surface area (Å²) in [4.78, 5) is 17.5. The number of hydrogen-bond donors (Lipinski definition) is 0. The number of hydrogen-bond acceptors (Lipinski definition) is 7. The summed E-state index contributed by atoms with van der Waals surface area (Å²) in [6, 6.07) is 9.54. The lowest BCUT2D eigenvalue weighted by molar-refractivity contribution is 0.755. The van der Waals surface area contributed by atoms with Gasteiger partial charge in [0.15, 0.2) is 4.96 Å². The summed E-state index contributed by atoms with van der Waals surface area (Å²) in [6.07, 6.45) is 0. The lowest BCUT2D eigenvalue weighted by Crippen LogP contribution is -2.14. The zero-order chi connectivity index (χ0) is 17.4. The molecule has 0 radical (unpaired) electrons. The quantitative estimate of drug-likeness (QED) is 0.514. The predicted octanol–water partition coefficient (Wildman–Crippen LogP) is 2.64. The molecule has 1 aromatic carbocycles. The molecule has 0 fully saturated rings. The lowest BCUT2D eigenvalue weighted by atomic mass is 10.2. The molecule has 0 N–H and O–H groups in total. The first-order valence-corrected chi connectivity index (χ1v) is 9.43. The second kappa shape index (κ2) is 6.41. The number of thiazole rings is 1. The van der Waals surface area contributed by atoms with Crippen LogP contribution < -0.4 is 5.56 Å². The molecule has 0 atom stereocenters. The Kier molecular flexibility index (Phi) is 4.10. The van der Waals surface area contributed by atoms with Crippen molar-refractivity contribution in [3.8, 4) is 5.69 Å². The summed E-state index contributed by atoms with van der Waals surface area (Å²) < 4.78 is 3.31. The Bertz CT molecular complexity index is 1110. The number of tetrazole rings is 1. The molecule has 0 aliphatic carbocycles. The van der Waals surface area contributed by atoms with Gasteiger partial charge in [-0.05, 0) is 42.0 Å². The molecule has 126 valence electrons. The van der Waals surface area contributed by atoms with Crippen LogP contribution in [0.2, 0.25) is 0 Å². The highest BCUT2D eigenvalue weighted by molar-refractivity contribution is 7.98. The second-order valence-corrected chi connectivity index (χ2v) is 7.36. The standard InChI is InChI=1S/C16H14N6OS2/c1-10-4-3-5-13(6-10)22-16(18-19-20-22)25-9-12-7-14(23)21-11(2)8-24-15(21)17-12/h3-8H,9H2,1-2H3. The van der Waals surface area contributed by atoms with Crippen LogP contribution in [0, 0.1) is 13.8 Å². The minimum absolute atomic E-state index is 0.0578. The third-order valence-corrected chi connectivity index (χ3v) is 5.56. The van der Waals surface area contributed by atoms with Crippen LogP contribution in [0.3, 0.4) is 0 Å². The molecule has 0 saturated carbocycles. The van der Waals surface area contributed by atoms with E-state index in [4.69, 9.17) is 0 Å². The monoisotopic (exact) mass is 370 g/mol. The van der Waals surface area contributed by atoms with E-state index >= 15 is 0 Å². The van der Waals surface area contributed by atoms with Crippen LogP contribution in [0.4, 0.5) is 0 Å². The molecule has 3 heterocycles. The summed E-state index contributed by atoms with van der Waals surface area (Å²) in [5.41, 5.74) is 3.61. The molecule has 0 aliphatic heterocycles. The first kappa shape index (κ1) is 16.0. The van der Waals surface area contributed by atoms with Crippen LogP contribution in [0.1, 0.15) is 17.0 Å². The van der Waals surface area contributed by atoms with Crippen molar-refractivity contribution in [3.63, 3.8) is 0 Å². The summed E-state index contributed by atoms with van der Waals surface area (Å²) >= 11 is 2.92. The van der Waals surface area contributed by atoms with Gasteiger partial charge < -0.3 is 0 Å². The topological polar surface area (TPSA) is 78.0 Å². The first-order chi connectivity index (χ1) is 12.1. The van der Waals surface area contributed by atoms with Gasteiger partial charge in [0.05, 0.1) is 11.4 Å². The highest BCUT2D eigenvalue weighted by Crippen LogP contribution is 2.22. The molecule has 0 spiro atoms. The SMILES string of the molecule is Cc1cccc(-n2nnnc2SCc2cc(=O)n3c(C)csc3n2)c1. The fourth-order valence-electron chi connectivity index (χ4n) is 2.50. The highest BCUT2D eigenvalue weighted by atomic mass is 32.2. The Hall–Kier alpha value is -2.52. The van der Waals surface area contributed by atoms with Gasteiger partial charge in [-0.2, -0.15) is 4.68 Å². The largest absolute Gasteiger partial charge is 0.269 e. The van der Waals surface area contributed by atoms with E-state index in [-0.39, 0.29) is 5.56 Å². The summed E-state index contributed by atoms with van der Waals surface area (Å²) in [6.45, 7) is 3.92. The van der Waals surface area contributed by atoms with E-state index in [1.54, 1.807) is 15.1 Å². The van der Waals surface area contributed by atoms with Gasteiger partial charge >= 0.3 is 0 Å². The van der Waals surface area contributed by atoms with Crippen molar-refractivity contribution in [3.05, 3.63) is 63.0 Å². The maximum absolute atomic E-state index is 12.2. The number of aromatic nitrogens is 6. The van der Waals surface area contributed by atoms with E-state index in [1.807, 2.05) is 43.5 Å². The van der Waals surface area contributed by atoms with Gasteiger partial charge in [0, 0.05) is 22.9 Å². The van der Waals surface area contributed by atoms with Gasteiger partial charge in [-0.3, -0.25) is 9.20 Å². The average molecular weight is 370 g/mol. The van der Waals surface area contributed by atoms with Crippen LogP contribution in [0.15, 0.2) is 45.7 Å². The van der Waals surface area contributed by atoms with Crippen LogP contribution in [-0.4, -0.2) is 29.6 Å². The molecule has 7 nitrogen and oxygen atoms in total. The molecule has 0 unspecified atom stereocenters. The van der Waals surface area contributed by atoms with Gasteiger partial charge in [-0.15, -0.1) is 16.4 Å². The summed E-state index contributed by atoms with van der Waals surface area (Å²) in [7, 11) is 0. The van der Waals surface area contributed by atoms with Crippen molar-refractivity contribution in [1.82, 2.24) is 29.6 Å². The maximum Gasteiger partial charge on any atom is 0.258 e. The number of fused-ring (bicyclic) bond motifs is 1. The van der Waals surface area contributed by atoms with E-state index in [0.29, 0.717) is 15.9 Å². The van der Waals surface area contributed by atoms with Gasteiger partial charge in [0.25, 0.3) is 5.56 Å². The van der Waals surface area contributed by atoms with E-state index in [9.17, 15) is 4.79 Å². The van der Waals surface area contributed by atoms with Gasteiger partial charge in [-0.25, -0.2) is 4.98 Å². The van der Waals surface area contributed by atoms with Crippen molar-refractivity contribution < 1.29 is 0 Å². The molecule has 9 heteroatoms. The number of nitrogens with zero attached hydrogens (tertiary/aromatic N) is 6. The molecule has 4 aromatic rings. The molecule has 0 bridgehead atoms. The Morgan fingerprint density at radius 2 is 2.12 bits per heavy atom. The van der Waals surface area contributed by atoms with Crippen molar-refractivity contribution in [2.75, 3.05) is 0 Å². The van der Waals surface area contributed by atoms with E-state index in [0.717, 1.165) is 22.6 Å². The van der Waals surface area contributed by atoms with Crippen molar-refractivity contribution in [2.45, 2.75) is 24.8 Å². The predicted molar refractivity (Wildman–Crippen MR) is 97.5 cm³/mol. The zero-order valence-electron chi connectivity index (χ0n) is 13.6. The zero-order valence-corrected chi connectivity index (χ0v) is 15.2. The lowest BCUT2D eigenvalue weighted by Gasteiger charge is -2.05. The van der Waals surface area contributed by atoms with Crippen LogP contribution in [0.5, 0.6) is 0 Å². The molecule has 25 heavy (non-hydrogen) atoms. The molecule has 3 aromatic heterocycles. The van der Waals surface area contributed by atoms with Crippen LogP contribution in [-0.2, 0) is 5.75 Å². The minimum atomic E-state index is -0.0578. The number of benzene rings is 1. The number of thioether (sulfide) groups is 1. The molecular formula is C16H14N6OS2. The van der Waals surface area contributed by atoms with Crippen LogP contribution >= 0.6 is 23.1 Å². The van der Waals surface area contributed by atoms with Gasteiger partial charge in [-0.1, -0.05) is 23.9 Å². The van der Waals surface area contributed by atoms with Crippen molar-refractivity contribution >= 4 is 28.1 Å². The van der Waals surface area contributed by atoms with Crippen molar-refractivity contribution in [2.24, 2.45) is 0 Å². The minimum Gasteiger partial charge on any atom is -0.269 e. The third-order valence-electron chi connectivity index (χ3n) is 3.66. The van der Waals surface area contributed by atoms with E-state index < -0.39 is 0 Å². The van der Waals surface area contributed by atoms with Crippen molar-refractivity contribution in [1.29, 1.82) is 0 Å². The smallest absolute Gasteiger partial charge is 0.258 e. The number of aryl methyl sites for hydroxylation is 2. The fourth-order valence-corrected chi connectivity index (χ4v) is 4.18. The average Bonchev–Trinajstić information content (AvgIpc) is 3.20. The molecule has 0 amide bonds. The summed E-state index contributed by atoms with van der Waals surface area (Å²) in [5, 5.41) is 14.5. The molecular weight excluding hydrogens is 356 g/mol. The maximum atomic E-state index is 12.2. The fraction of sp³-hybridized carbons (Fsp3) is 0.188. The molecule has 4 rings (SSSR count). The van der Waals surface area contributed by atoms with E-state index in [2.05, 4.69) is 20.5 Å². The van der Waals surface area contributed by atoms with Gasteiger partial charge in [0.1, 0.15) is 0 Å². The second-order valence-electron chi connectivity index (χ2n) is 5.58. The normalized spacial score (nSPS) is 11.3. The number of rotatable bonds is 4. The van der Waals surface area contributed by atoms with E-state index in [1.165, 1.54) is 23.1 Å².